The lowest BCUT2D eigenvalue weighted by Crippen LogP contribution is -2.35. The van der Waals surface area contributed by atoms with Gasteiger partial charge in [-0.1, -0.05) is 13.8 Å². The van der Waals surface area contributed by atoms with Gasteiger partial charge in [-0.2, -0.15) is 0 Å². The molecule has 0 saturated carbocycles. The minimum Gasteiger partial charge on any atom is -0.409 e. The van der Waals surface area contributed by atoms with Crippen molar-refractivity contribution in [1.82, 2.24) is 0 Å². The summed E-state index contributed by atoms with van der Waals surface area (Å²) in [5.74, 6) is 0. The lowest BCUT2D eigenvalue weighted by atomic mass is 10.9. The third-order valence-electron chi connectivity index (χ3n) is 1.27. The Kier molecular flexibility index (Phi) is 3.23. The van der Waals surface area contributed by atoms with E-state index in [-0.39, 0.29) is 0 Å². The zero-order chi connectivity index (χ0) is 6.62. The summed E-state index contributed by atoms with van der Waals surface area (Å²) in [5.41, 5.74) is 0. The van der Waals surface area contributed by atoms with Crippen LogP contribution in [0.2, 0.25) is 12.1 Å². The molecule has 0 radical (unpaired) electrons. The summed E-state index contributed by atoms with van der Waals surface area (Å²) in [6.07, 6.45) is 0. The van der Waals surface area contributed by atoms with E-state index in [1.54, 1.807) is 13.8 Å². The predicted octanol–water partition coefficient (Wildman–Crippen LogP) is 0.950. The molecule has 0 aliphatic heterocycles. The van der Waals surface area contributed by atoms with Crippen molar-refractivity contribution >= 4 is 8.56 Å². The second kappa shape index (κ2) is 3.19. The largest absolute Gasteiger partial charge is 0.409 e. The van der Waals surface area contributed by atoms with E-state index in [1.165, 1.54) is 0 Å². The van der Waals surface area contributed by atoms with E-state index in [4.69, 9.17) is 10.1 Å². The average Bonchev–Trinajstić information content (AvgIpc) is 1.87. The van der Waals surface area contributed by atoms with Crippen LogP contribution in [0, 0.1) is 0 Å². The standard InChI is InChI=1S/C4H12O3Si/c1-3-8(6,4-2)7-5/h5-6H,3-4H2,1-2H3. The maximum atomic E-state index is 9.10. The van der Waals surface area contributed by atoms with Crippen LogP contribution in [0.15, 0.2) is 0 Å². The maximum absolute atomic E-state index is 9.10. The van der Waals surface area contributed by atoms with Gasteiger partial charge in [-0.3, -0.25) is 9.83 Å². The molecule has 0 fully saturated rings. The fraction of sp³-hybridized carbons (Fsp3) is 1.00. The van der Waals surface area contributed by atoms with Gasteiger partial charge in [0.05, 0.1) is 0 Å². The van der Waals surface area contributed by atoms with Gasteiger partial charge in [0.2, 0.25) is 0 Å². The third kappa shape index (κ3) is 1.91. The zero-order valence-corrected chi connectivity index (χ0v) is 6.22. The Bertz CT molecular complexity index is 54.0. The SMILES string of the molecule is CC[Si](O)(CC)OO. The first-order valence-electron chi connectivity index (χ1n) is 2.73. The van der Waals surface area contributed by atoms with Crippen LogP contribution in [0.5, 0.6) is 0 Å². The van der Waals surface area contributed by atoms with E-state index in [0.29, 0.717) is 12.1 Å². The first-order valence-corrected chi connectivity index (χ1v) is 5.00. The van der Waals surface area contributed by atoms with Gasteiger partial charge in [-0.05, 0) is 12.1 Å². The highest BCUT2D eigenvalue weighted by Gasteiger charge is 2.28. The predicted molar refractivity (Wildman–Crippen MR) is 32.6 cm³/mol. The zero-order valence-electron chi connectivity index (χ0n) is 5.22. The molecule has 4 heteroatoms. The van der Waals surface area contributed by atoms with Gasteiger partial charge in [0.15, 0.2) is 0 Å². The van der Waals surface area contributed by atoms with Gasteiger partial charge in [-0.25, -0.2) is 0 Å². The molecule has 0 saturated heterocycles. The molecule has 0 aromatic heterocycles. The molecule has 0 aromatic carbocycles. The molecule has 0 spiro atoms. The van der Waals surface area contributed by atoms with Crippen molar-refractivity contribution in [1.29, 1.82) is 0 Å². The molecule has 2 N–H and O–H groups in total. The smallest absolute Gasteiger partial charge is 0.371 e. The molecule has 3 nitrogen and oxygen atoms in total. The lowest BCUT2D eigenvalue weighted by molar-refractivity contribution is -0.167. The van der Waals surface area contributed by atoms with E-state index >= 15 is 0 Å². The maximum Gasteiger partial charge on any atom is 0.371 e. The Labute approximate surface area is 50.1 Å². The molecular weight excluding hydrogens is 124 g/mol. The molecule has 0 bridgehead atoms. The fourth-order valence-electron chi connectivity index (χ4n) is 0.379. The van der Waals surface area contributed by atoms with Crippen molar-refractivity contribution in [3.8, 4) is 0 Å². The van der Waals surface area contributed by atoms with Crippen molar-refractivity contribution in [3.05, 3.63) is 0 Å². The van der Waals surface area contributed by atoms with E-state index in [2.05, 4.69) is 4.58 Å². The summed E-state index contributed by atoms with van der Waals surface area (Å²) in [4.78, 5) is 9.10. The van der Waals surface area contributed by atoms with Gasteiger partial charge in [-0.15, -0.1) is 0 Å². The number of hydrogen-bond donors (Lipinski definition) is 2. The quantitative estimate of drug-likeness (QED) is 0.345. The van der Waals surface area contributed by atoms with Gasteiger partial charge in [0, 0.05) is 0 Å². The van der Waals surface area contributed by atoms with Crippen LogP contribution in [-0.4, -0.2) is 18.6 Å². The van der Waals surface area contributed by atoms with E-state index in [1.807, 2.05) is 0 Å². The minimum absolute atomic E-state index is 0.542. The molecule has 8 heavy (non-hydrogen) atoms. The molecule has 0 atom stereocenters. The Morgan fingerprint density at radius 3 is 1.75 bits per heavy atom. The lowest BCUT2D eigenvalue weighted by Gasteiger charge is -2.14. The highest BCUT2D eigenvalue weighted by molar-refractivity contribution is 6.65. The fourth-order valence-corrected chi connectivity index (χ4v) is 1.14. The molecule has 0 aliphatic carbocycles. The molecule has 0 aliphatic rings. The second-order valence-corrected chi connectivity index (χ2v) is 5.23. The molecule has 0 aromatic rings. The third-order valence-corrected chi connectivity index (χ3v) is 3.82. The Morgan fingerprint density at radius 1 is 1.38 bits per heavy atom. The van der Waals surface area contributed by atoms with Crippen molar-refractivity contribution in [2.24, 2.45) is 0 Å². The monoisotopic (exact) mass is 136 g/mol. The van der Waals surface area contributed by atoms with Crippen molar-refractivity contribution in [3.63, 3.8) is 0 Å². The van der Waals surface area contributed by atoms with Gasteiger partial charge in [0.1, 0.15) is 0 Å². The Hall–Kier alpha value is 0.0969. The molecular formula is C4H12O3Si. The molecule has 0 unspecified atom stereocenters. The first kappa shape index (κ1) is 8.10. The topological polar surface area (TPSA) is 49.7 Å². The Morgan fingerprint density at radius 2 is 1.75 bits per heavy atom. The second-order valence-electron chi connectivity index (χ2n) is 1.74. The summed E-state index contributed by atoms with van der Waals surface area (Å²) in [7, 11) is -2.62. The van der Waals surface area contributed by atoms with Crippen LogP contribution >= 0.6 is 0 Å². The van der Waals surface area contributed by atoms with Crippen LogP contribution in [-0.2, 0) is 4.58 Å². The van der Waals surface area contributed by atoms with Gasteiger partial charge in [0.25, 0.3) is 0 Å². The van der Waals surface area contributed by atoms with Gasteiger partial charge < -0.3 is 4.80 Å². The summed E-state index contributed by atoms with van der Waals surface area (Å²) in [6, 6.07) is 1.08. The molecule has 50 valence electrons. The minimum atomic E-state index is -2.62. The normalized spacial score (nSPS) is 12.0. The first-order chi connectivity index (χ1) is 3.68. The van der Waals surface area contributed by atoms with E-state index < -0.39 is 8.56 Å². The molecule has 0 rings (SSSR count). The van der Waals surface area contributed by atoms with Crippen LogP contribution in [0.25, 0.3) is 0 Å². The van der Waals surface area contributed by atoms with E-state index in [0.717, 1.165) is 0 Å². The molecule has 0 heterocycles. The molecule has 0 amide bonds. The van der Waals surface area contributed by atoms with Crippen LogP contribution in [0.1, 0.15) is 13.8 Å². The van der Waals surface area contributed by atoms with Crippen LogP contribution in [0.3, 0.4) is 0 Å². The summed E-state index contributed by atoms with van der Waals surface area (Å²) in [5, 5.41) is 8.10. The number of hydrogen-bond acceptors (Lipinski definition) is 3. The average molecular weight is 136 g/mol. The van der Waals surface area contributed by atoms with Crippen molar-refractivity contribution in [2.75, 3.05) is 0 Å². The van der Waals surface area contributed by atoms with Crippen molar-refractivity contribution in [2.45, 2.75) is 25.9 Å². The van der Waals surface area contributed by atoms with Crippen molar-refractivity contribution < 1.29 is 14.6 Å². The Balaban J connectivity index is 3.58. The van der Waals surface area contributed by atoms with E-state index in [9.17, 15) is 0 Å². The highest BCUT2D eigenvalue weighted by atomic mass is 28.4. The van der Waals surface area contributed by atoms with Gasteiger partial charge >= 0.3 is 8.56 Å². The number of rotatable bonds is 3. The summed E-state index contributed by atoms with van der Waals surface area (Å²) < 4.78 is 3.93. The van der Waals surface area contributed by atoms with Crippen LogP contribution < -0.4 is 0 Å². The highest BCUT2D eigenvalue weighted by Crippen LogP contribution is 2.09. The summed E-state index contributed by atoms with van der Waals surface area (Å²) >= 11 is 0. The summed E-state index contributed by atoms with van der Waals surface area (Å²) in [6.45, 7) is 3.60. The van der Waals surface area contributed by atoms with Crippen LogP contribution in [0.4, 0.5) is 0 Å².